The minimum absolute atomic E-state index is 0.124. The maximum Gasteiger partial charge on any atom is 0.185 e. The molecule has 3 nitrogen and oxygen atoms in total. The van der Waals surface area contributed by atoms with E-state index in [0.29, 0.717) is 0 Å². The molecule has 0 amide bonds. The van der Waals surface area contributed by atoms with Gasteiger partial charge < -0.3 is 0 Å². The Morgan fingerprint density at radius 3 is 2.15 bits per heavy atom. The van der Waals surface area contributed by atoms with E-state index >= 15 is 0 Å². The maximum absolute atomic E-state index is 12.1. The molecule has 2 rings (SSSR count). The predicted octanol–water partition coefficient (Wildman–Crippen LogP) is 3.03. The van der Waals surface area contributed by atoms with Gasteiger partial charge in [0.05, 0.1) is 4.90 Å². The molecule has 0 radical (unpaired) electrons. The van der Waals surface area contributed by atoms with Crippen molar-refractivity contribution in [2.24, 2.45) is 0 Å². The molecule has 0 N–H and O–H groups in total. The van der Waals surface area contributed by atoms with Crippen molar-refractivity contribution in [1.82, 2.24) is 0 Å². The zero-order valence-corrected chi connectivity index (χ0v) is 13.0. The molecule has 0 aliphatic carbocycles. The second kappa shape index (κ2) is 6.33. The van der Waals surface area contributed by atoms with Crippen LogP contribution in [0.5, 0.6) is 0 Å². The van der Waals surface area contributed by atoms with Crippen molar-refractivity contribution in [1.29, 1.82) is 0 Å². The van der Waals surface area contributed by atoms with Crippen LogP contribution in [0, 0.1) is 0 Å². The molecule has 0 aliphatic heterocycles. The van der Waals surface area contributed by atoms with Gasteiger partial charge in [-0.25, -0.2) is 8.42 Å². The first-order valence-corrected chi connectivity index (χ1v) is 8.46. The van der Waals surface area contributed by atoms with Gasteiger partial charge in [0.1, 0.15) is 5.75 Å². The molecular weight excluding hydrogens is 340 g/mol. The Bertz CT molecular complexity index is 692. The lowest BCUT2D eigenvalue weighted by Crippen LogP contribution is -2.18. The van der Waals surface area contributed by atoms with Gasteiger partial charge in [-0.2, -0.15) is 0 Å². The van der Waals surface area contributed by atoms with Gasteiger partial charge in [-0.3, -0.25) is 4.79 Å². The number of hydrogen-bond donors (Lipinski definition) is 0. The summed E-state index contributed by atoms with van der Waals surface area (Å²) >= 11 is 3.31. The average molecular weight is 353 g/mol. The van der Waals surface area contributed by atoms with Crippen molar-refractivity contribution in [3.8, 4) is 0 Å². The number of sulfone groups is 1. The average Bonchev–Trinajstić information content (AvgIpc) is 2.42. The smallest absolute Gasteiger partial charge is 0.185 e. The highest BCUT2D eigenvalue weighted by Gasteiger charge is 2.18. The first-order valence-electron chi connectivity index (χ1n) is 6.01. The molecule has 20 heavy (non-hydrogen) atoms. The number of benzene rings is 2. The fourth-order valence-electron chi connectivity index (χ4n) is 1.80. The molecule has 0 bridgehead atoms. The molecular formula is C15H13BrO3S. The number of ketones is 1. The van der Waals surface area contributed by atoms with Crippen LogP contribution in [-0.2, 0) is 21.1 Å². The Hall–Kier alpha value is -1.46. The molecule has 0 aromatic heterocycles. The van der Waals surface area contributed by atoms with Crippen LogP contribution in [0.25, 0.3) is 0 Å². The minimum atomic E-state index is -3.55. The van der Waals surface area contributed by atoms with Crippen LogP contribution in [-0.4, -0.2) is 20.0 Å². The summed E-state index contributed by atoms with van der Waals surface area (Å²) in [6, 6.07) is 15.3. The number of hydrogen-bond acceptors (Lipinski definition) is 3. The number of Topliss-reactive ketones (excluding diaryl/α,β-unsaturated/α-hetero) is 1. The van der Waals surface area contributed by atoms with Crippen molar-refractivity contribution >= 4 is 31.6 Å². The van der Waals surface area contributed by atoms with E-state index in [9.17, 15) is 13.2 Å². The van der Waals surface area contributed by atoms with Crippen LogP contribution in [0.2, 0.25) is 0 Å². The van der Waals surface area contributed by atoms with Crippen LogP contribution in [0.4, 0.5) is 0 Å². The summed E-state index contributed by atoms with van der Waals surface area (Å²) in [5.41, 5.74) is 0.807. The number of carbonyl (C=O) groups excluding carboxylic acids is 1. The van der Waals surface area contributed by atoms with Gasteiger partial charge in [-0.15, -0.1) is 0 Å². The monoisotopic (exact) mass is 352 g/mol. The van der Waals surface area contributed by atoms with Gasteiger partial charge in [-0.05, 0) is 29.8 Å². The van der Waals surface area contributed by atoms with Gasteiger partial charge in [0.2, 0.25) is 0 Å². The summed E-state index contributed by atoms with van der Waals surface area (Å²) in [5, 5.41) is 0. The topological polar surface area (TPSA) is 51.2 Å². The Morgan fingerprint density at radius 2 is 1.55 bits per heavy atom. The number of rotatable bonds is 5. The molecule has 104 valence electrons. The lowest BCUT2D eigenvalue weighted by atomic mass is 10.1. The molecule has 5 heteroatoms. The van der Waals surface area contributed by atoms with E-state index in [0.717, 1.165) is 10.0 Å². The van der Waals surface area contributed by atoms with Crippen LogP contribution >= 0.6 is 15.9 Å². The van der Waals surface area contributed by atoms with E-state index < -0.39 is 15.6 Å². The van der Waals surface area contributed by atoms with Crippen molar-refractivity contribution in [3.05, 3.63) is 64.6 Å². The summed E-state index contributed by atoms with van der Waals surface area (Å²) in [7, 11) is -3.55. The first-order chi connectivity index (χ1) is 9.47. The summed E-state index contributed by atoms with van der Waals surface area (Å²) in [6.07, 6.45) is 0.124. The molecule has 2 aromatic rings. The zero-order chi connectivity index (χ0) is 14.6. The van der Waals surface area contributed by atoms with Crippen LogP contribution in [0.1, 0.15) is 5.56 Å². The van der Waals surface area contributed by atoms with Gasteiger partial charge in [0, 0.05) is 10.9 Å². The fraction of sp³-hybridized carbons (Fsp3) is 0.133. The summed E-state index contributed by atoms with van der Waals surface area (Å²) in [4.78, 5) is 12.1. The number of halogens is 1. The van der Waals surface area contributed by atoms with Crippen LogP contribution in [0.3, 0.4) is 0 Å². The normalized spacial score (nSPS) is 11.2. The standard InChI is InChI=1S/C15H13BrO3S/c16-13-8-6-12(7-9-13)10-14(17)11-20(18,19)15-4-2-1-3-5-15/h1-9H,10-11H2. The molecule has 0 heterocycles. The Morgan fingerprint density at radius 1 is 0.950 bits per heavy atom. The highest BCUT2D eigenvalue weighted by atomic mass is 79.9. The summed E-state index contributed by atoms with van der Waals surface area (Å²) in [5.74, 6) is -0.774. The molecule has 2 aromatic carbocycles. The third kappa shape index (κ3) is 4.02. The van der Waals surface area contributed by atoms with E-state index in [4.69, 9.17) is 0 Å². The van der Waals surface area contributed by atoms with Crippen molar-refractivity contribution < 1.29 is 13.2 Å². The van der Waals surface area contributed by atoms with E-state index in [-0.39, 0.29) is 17.1 Å². The highest BCUT2D eigenvalue weighted by molar-refractivity contribution is 9.10. The SMILES string of the molecule is O=C(Cc1ccc(Br)cc1)CS(=O)(=O)c1ccccc1. The second-order valence-electron chi connectivity index (χ2n) is 4.41. The van der Waals surface area contributed by atoms with Crippen molar-refractivity contribution in [3.63, 3.8) is 0 Å². The molecule has 0 fully saturated rings. The van der Waals surface area contributed by atoms with Gasteiger partial charge in [0.25, 0.3) is 0 Å². The Balaban J connectivity index is 2.06. The first kappa shape index (κ1) is 14.9. The molecule has 0 unspecified atom stereocenters. The third-order valence-electron chi connectivity index (χ3n) is 2.77. The second-order valence-corrected chi connectivity index (χ2v) is 7.32. The van der Waals surface area contributed by atoms with E-state index in [1.165, 1.54) is 12.1 Å². The molecule has 0 spiro atoms. The van der Waals surface area contributed by atoms with Gasteiger partial charge in [0.15, 0.2) is 15.6 Å². The molecule has 0 atom stereocenters. The highest BCUT2D eigenvalue weighted by Crippen LogP contribution is 2.13. The van der Waals surface area contributed by atoms with E-state index in [1.807, 2.05) is 12.1 Å². The summed E-state index contributed by atoms with van der Waals surface area (Å²) in [6.45, 7) is 0. The zero-order valence-electron chi connectivity index (χ0n) is 10.6. The van der Waals surface area contributed by atoms with E-state index in [1.54, 1.807) is 30.3 Å². The lowest BCUT2D eigenvalue weighted by Gasteiger charge is -2.04. The lowest BCUT2D eigenvalue weighted by molar-refractivity contribution is -0.116. The van der Waals surface area contributed by atoms with E-state index in [2.05, 4.69) is 15.9 Å². The third-order valence-corrected chi connectivity index (χ3v) is 4.99. The largest absolute Gasteiger partial charge is 0.298 e. The van der Waals surface area contributed by atoms with Crippen LogP contribution in [0.15, 0.2) is 64.0 Å². The van der Waals surface area contributed by atoms with Crippen LogP contribution < -0.4 is 0 Å². The van der Waals surface area contributed by atoms with Crippen molar-refractivity contribution in [2.75, 3.05) is 5.75 Å². The summed E-state index contributed by atoms with van der Waals surface area (Å²) < 4.78 is 25.0. The predicted molar refractivity (Wildman–Crippen MR) is 81.3 cm³/mol. The quantitative estimate of drug-likeness (QED) is 0.830. The minimum Gasteiger partial charge on any atom is -0.298 e. The van der Waals surface area contributed by atoms with Gasteiger partial charge >= 0.3 is 0 Å². The Kier molecular flexibility index (Phi) is 4.73. The Labute approximate surface area is 126 Å². The molecule has 0 saturated heterocycles. The van der Waals surface area contributed by atoms with Gasteiger partial charge in [-0.1, -0.05) is 46.3 Å². The fourth-order valence-corrected chi connectivity index (χ4v) is 3.33. The molecule has 0 aliphatic rings. The molecule has 0 saturated carbocycles. The van der Waals surface area contributed by atoms with Crippen molar-refractivity contribution in [2.45, 2.75) is 11.3 Å². The number of carbonyl (C=O) groups is 1. The maximum atomic E-state index is 12.1.